The first-order chi connectivity index (χ1) is 33.8. The van der Waals surface area contributed by atoms with E-state index in [4.69, 9.17) is 14.2 Å². The largest absolute Gasteiger partial charge is 0.514 e. The smallest absolute Gasteiger partial charge is 0.429 e. The summed E-state index contributed by atoms with van der Waals surface area (Å²) in [5.41, 5.74) is 3.29. The minimum Gasteiger partial charge on any atom is -0.429 e. The molecule has 0 aliphatic heterocycles. The number of hydrogen-bond donors (Lipinski definition) is 4. The molecule has 0 saturated heterocycles. The summed E-state index contributed by atoms with van der Waals surface area (Å²) >= 11 is 0. The maximum Gasteiger partial charge on any atom is 0.514 e. The van der Waals surface area contributed by atoms with Crippen molar-refractivity contribution in [3.8, 4) is 5.75 Å². The molecule has 4 amide bonds. The third-order valence-corrected chi connectivity index (χ3v) is 16.5. The van der Waals surface area contributed by atoms with E-state index in [1.165, 1.54) is 82.1 Å². The lowest BCUT2D eigenvalue weighted by Crippen LogP contribution is -2.51. The lowest BCUT2D eigenvalue weighted by molar-refractivity contribution is -0.384. The maximum absolute atomic E-state index is 13.1. The van der Waals surface area contributed by atoms with Crippen LogP contribution < -0.4 is 26.0 Å². The van der Waals surface area contributed by atoms with Crippen molar-refractivity contribution in [2.24, 2.45) is 52.3 Å². The van der Waals surface area contributed by atoms with Crippen molar-refractivity contribution in [1.82, 2.24) is 16.0 Å². The molecule has 3 saturated carbocycles. The van der Waals surface area contributed by atoms with Crippen LogP contribution in [0.4, 0.5) is 16.2 Å². The molecule has 71 heavy (non-hydrogen) atoms. The van der Waals surface area contributed by atoms with Gasteiger partial charge in [-0.3, -0.25) is 29.3 Å². The van der Waals surface area contributed by atoms with E-state index in [0.717, 1.165) is 48.3 Å². The lowest BCUT2D eigenvalue weighted by atomic mass is 9.47. The second-order valence-electron chi connectivity index (χ2n) is 22.3. The number of nitro benzene ring substituents is 1. The Hall–Kier alpha value is -5.31. The van der Waals surface area contributed by atoms with E-state index in [1.54, 1.807) is 29.8 Å². The standard InChI is InChI=1S/C56H81N5O10/c1-36(2)10-8-11-38(5)46-22-23-47-45-21-14-40-33-44(26-28-55(40,6)48(45)27-29-56(46,47)7)69-31-9-30-57-50(62)24-25-51(63)60-49(32-37(3)4)53(65)58-34-52(64)59-41-15-12-39(13-16-41)35-70-54(66)71-43-19-17-42(18-20-43)61(67)68/h12-20,36-38,44-49H,8-11,21-35H2,1-7H3,(H,57,62)(H,58,65)(H,59,64)(H,60,63)/t38?,44-,45-,46+,47-,48-,49?,55-,56+/m0/s1. The third-order valence-electron chi connectivity index (χ3n) is 16.5. The number of nitrogens with zero attached hydrogens (tertiary/aromatic N) is 1. The summed E-state index contributed by atoms with van der Waals surface area (Å²) in [6, 6.07) is 10.6. The third kappa shape index (κ3) is 15.1. The first-order valence-corrected chi connectivity index (χ1v) is 26.5. The number of rotatable bonds is 24. The molecule has 4 N–H and O–H groups in total. The highest BCUT2D eigenvalue weighted by atomic mass is 16.7. The SMILES string of the molecule is CC(C)CCCC(C)[C@H]1CC[C@H]2[C@@H]3CC=C4C[C@@H](OCCCNC(=O)CCC(=O)NC(CC(C)C)C(=O)NCC(=O)Nc5ccc(COC(=O)Oc6ccc([N+](=O)[O-])cc6)cc5)CC[C@]4(C)[C@H]3CC[C@]12C. The van der Waals surface area contributed by atoms with Crippen LogP contribution in [-0.2, 0) is 35.3 Å². The Labute approximate surface area is 421 Å². The Morgan fingerprint density at radius 1 is 0.803 bits per heavy atom. The molecule has 15 heteroatoms. The minimum atomic E-state index is -0.993. The second kappa shape index (κ2) is 25.4. The molecule has 6 rings (SSSR count). The van der Waals surface area contributed by atoms with Crippen molar-refractivity contribution in [3.05, 3.63) is 75.9 Å². The summed E-state index contributed by atoms with van der Waals surface area (Å²) in [6.07, 6.45) is 16.9. The fraction of sp³-hybridized carbons (Fsp3) is 0.661. The molecular formula is C56H81N5O10. The zero-order valence-electron chi connectivity index (χ0n) is 43.4. The number of amides is 4. The zero-order chi connectivity index (χ0) is 51.3. The van der Waals surface area contributed by atoms with E-state index < -0.39 is 34.8 Å². The first-order valence-electron chi connectivity index (χ1n) is 26.5. The highest BCUT2D eigenvalue weighted by Gasteiger charge is 2.59. The molecule has 15 nitrogen and oxygen atoms in total. The number of benzene rings is 2. The lowest BCUT2D eigenvalue weighted by Gasteiger charge is -2.58. The van der Waals surface area contributed by atoms with Crippen LogP contribution in [0.1, 0.15) is 150 Å². The summed E-state index contributed by atoms with van der Waals surface area (Å²) in [6.45, 7) is 16.9. The number of non-ortho nitro benzene ring substituents is 1. The van der Waals surface area contributed by atoms with Gasteiger partial charge in [0.15, 0.2) is 0 Å². The molecular weight excluding hydrogens is 903 g/mol. The van der Waals surface area contributed by atoms with Crippen molar-refractivity contribution >= 4 is 41.2 Å². The molecule has 0 heterocycles. The summed E-state index contributed by atoms with van der Waals surface area (Å²) in [4.78, 5) is 73.8. The summed E-state index contributed by atoms with van der Waals surface area (Å²) in [5.74, 6) is 3.42. The highest BCUT2D eigenvalue weighted by molar-refractivity contribution is 5.96. The predicted octanol–water partition coefficient (Wildman–Crippen LogP) is 10.6. The number of ether oxygens (including phenoxy) is 3. The van der Waals surface area contributed by atoms with E-state index in [0.29, 0.717) is 42.7 Å². The molecule has 0 spiro atoms. The number of nitro groups is 1. The van der Waals surface area contributed by atoms with Crippen LogP contribution in [0.3, 0.4) is 0 Å². The van der Waals surface area contributed by atoms with Crippen molar-refractivity contribution in [3.63, 3.8) is 0 Å². The Morgan fingerprint density at radius 2 is 1.54 bits per heavy atom. The van der Waals surface area contributed by atoms with Gasteiger partial charge in [-0.1, -0.05) is 91.5 Å². The number of anilines is 1. The van der Waals surface area contributed by atoms with Crippen LogP contribution in [-0.4, -0.2) is 66.5 Å². The highest BCUT2D eigenvalue weighted by Crippen LogP contribution is 2.67. The normalized spacial score (nSPS) is 25.4. The molecule has 4 aliphatic rings. The Balaban J connectivity index is 0.838. The average molecular weight is 984 g/mol. The van der Waals surface area contributed by atoms with E-state index >= 15 is 0 Å². The van der Waals surface area contributed by atoms with Crippen LogP contribution in [0.15, 0.2) is 60.2 Å². The Bertz CT molecular complexity index is 2180. The molecule has 0 bridgehead atoms. The Kier molecular flexibility index (Phi) is 19.7. The van der Waals surface area contributed by atoms with Crippen LogP contribution in [0.5, 0.6) is 5.75 Å². The number of nitrogens with one attached hydrogen (secondary N) is 4. The molecule has 2 aromatic rings. The van der Waals surface area contributed by atoms with E-state index in [2.05, 4.69) is 62.0 Å². The zero-order valence-corrected chi connectivity index (χ0v) is 43.4. The molecule has 0 radical (unpaired) electrons. The van der Waals surface area contributed by atoms with Crippen LogP contribution >= 0.6 is 0 Å². The van der Waals surface area contributed by atoms with Gasteiger partial charge in [0.25, 0.3) is 5.69 Å². The topological polar surface area (TPSA) is 204 Å². The molecule has 2 unspecified atom stereocenters. The van der Waals surface area contributed by atoms with Crippen LogP contribution in [0.2, 0.25) is 0 Å². The van der Waals surface area contributed by atoms with Crippen molar-refractivity contribution < 1.29 is 43.1 Å². The van der Waals surface area contributed by atoms with Gasteiger partial charge in [0.2, 0.25) is 23.6 Å². The summed E-state index contributed by atoms with van der Waals surface area (Å²) < 4.78 is 16.5. The number of hydrogen-bond acceptors (Lipinski definition) is 10. The van der Waals surface area contributed by atoms with Gasteiger partial charge >= 0.3 is 6.16 Å². The summed E-state index contributed by atoms with van der Waals surface area (Å²) in [5, 5.41) is 21.7. The van der Waals surface area contributed by atoms with E-state index in [-0.39, 0.29) is 60.8 Å². The average Bonchev–Trinajstić information content (AvgIpc) is 3.69. The molecule has 3 fully saturated rings. The van der Waals surface area contributed by atoms with Crippen LogP contribution in [0.25, 0.3) is 0 Å². The summed E-state index contributed by atoms with van der Waals surface area (Å²) in [7, 11) is 0. The minimum absolute atomic E-state index is 0.0161. The van der Waals surface area contributed by atoms with Crippen molar-refractivity contribution in [2.75, 3.05) is 25.0 Å². The van der Waals surface area contributed by atoms with Gasteiger partial charge in [-0.05, 0) is 146 Å². The van der Waals surface area contributed by atoms with Crippen molar-refractivity contribution in [2.45, 2.75) is 164 Å². The predicted molar refractivity (Wildman–Crippen MR) is 273 cm³/mol. The van der Waals surface area contributed by atoms with Gasteiger partial charge in [0, 0.05) is 43.8 Å². The fourth-order valence-corrected chi connectivity index (χ4v) is 12.7. The molecule has 0 aromatic heterocycles. The maximum atomic E-state index is 13.1. The number of carbonyl (C=O) groups is 5. The van der Waals surface area contributed by atoms with Gasteiger partial charge in [0.1, 0.15) is 18.4 Å². The quantitative estimate of drug-likeness (QED) is 0.0196. The number of carbonyl (C=O) groups excluding carboxylic acids is 5. The van der Waals surface area contributed by atoms with Gasteiger partial charge < -0.3 is 35.5 Å². The molecule has 4 aliphatic carbocycles. The van der Waals surface area contributed by atoms with Gasteiger partial charge in [-0.15, -0.1) is 0 Å². The van der Waals surface area contributed by atoms with Gasteiger partial charge in [-0.25, -0.2) is 4.79 Å². The molecule has 390 valence electrons. The second-order valence-corrected chi connectivity index (χ2v) is 22.3. The van der Waals surface area contributed by atoms with Crippen molar-refractivity contribution in [1.29, 1.82) is 0 Å². The number of allylic oxidation sites excluding steroid dienone is 1. The van der Waals surface area contributed by atoms with Gasteiger partial charge in [0.05, 0.1) is 17.6 Å². The van der Waals surface area contributed by atoms with E-state index in [1.807, 2.05) is 13.8 Å². The van der Waals surface area contributed by atoms with E-state index in [9.17, 15) is 34.1 Å². The molecule has 2 aromatic carbocycles. The Morgan fingerprint density at radius 3 is 2.24 bits per heavy atom. The van der Waals surface area contributed by atoms with Crippen LogP contribution in [0, 0.1) is 62.4 Å². The monoisotopic (exact) mass is 984 g/mol. The van der Waals surface area contributed by atoms with Gasteiger partial charge in [-0.2, -0.15) is 0 Å². The molecule has 9 atom stereocenters. The fourth-order valence-electron chi connectivity index (χ4n) is 12.7. The first kappa shape index (κ1) is 55.0. The number of fused-ring (bicyclic) bond motifs is 5.